The van der Waals surface area contributed by atoms with Crippen LogP contribution < -0.4 is 10.1 Å². The van der Waals surface area contributed by atoms with Crippen molar-refractivity contribution >= 4 is 52.0 Å². The van der Waals surface area contributed by atoms with Crippen molar-refractivity contribution in [3.8, 4) is 5.75 Å². The van der Waals surface area contributed by atoms with Gasteiger partial charge in [-0.05, 0) is 40.6 Å². The molecule has 4 aromatic rings. The fourth-order valence-corrected chi connectivity index (χ4v) is 6.03. The molecule has 1 aromatic carbocycles. The number of thiophene rings is 2. The Morgan fingerprint density at radius 1 is 1.11 bits per heavy atom. The maximum absolute atomic E-state index is 13.4. The molecule has 2 amide bonds. The van der Waals surface area contributed by atoms with E-state index in [0.717, 1.165) is 21.9 Å². The number of benzene rings is 1. The van der Waals surface area contributed by atoms with Crippen molar-refractivity contribution in [2.24, 2.45) is 12.1 Å². The van der Waals surface area contributed by atoms with Crippen LogP contribution in [0.15, 0.2) is 69.5 Å². The molecule has 1 aliphatic rings. The van der Waals surface area contributed by atoms with Gasteiger partial charge in [-0.25, -0.2) is 5.01 Å². The van der Waals surface area contributed by atoms with Crippen molar-refractivity contribution in [2.45, 2.75) is 24.2 Å². The molecule has 1 aliphatic heterocycles. The molecule has 12 heteroatoms. The average Bonchev–Trinajstić information content (AvgIpc) is 3.73. The number of hydrogen-bond donors (Lipinski definition) is 1. The van der Waals surface area contributed by atoms with Crippen LogP contribution in [0, 0.1) is 0 Å². The van der Waals surface area contributed by atoms with E-state index in [1.165, 1.54) is 23.1 Å². The molecular weight excluding hydrogens is 529 g/mol. The Bertz CT molecular complexity index is 1400. The van der Waals surface area contributed by atoms with Gasteiger partial charge >= 0.3 is 0 Å². The molecule has 0 saturated heterocycles. The fourth-order valence-electron chi connectivity index (χ4n) is 3.89. The van der Waals surface area contributed by atoms with Gasteiger partial charge in [-0.2, -0.15) is 5.10 Å². The lowest BCUT2D eigenvalue weighted by Crippen LogP contribution is -2.28. The Labute approximate surface area is 226 Å². The molecule has 1 N–H and O–H groups in total. The predicted molar refractivity (Wildman–Crippen MR) is 145 cm³/mol. The number of nitrogens with zero attached hydrogens (tertiary/aromatic N) is 5. The van der Waals surface area contributed by atoms with Crippen LogP contribution in [0.1, 0.15) is 38.4 Å². The smallest absolute Gasteiger partial charge is 0.261 e. The molecule has 0 radical (unpaired) electrons. The van der Waals surface area contributed by atoms with E-state index in [4.69, 9.17) is 9.84 Å². The highest BCUT2D eigenvalue weighted by Gasteiger charge is 2.33. The van der Waals surface area contributed by atoms with E-state index in [1.807, 2.05) is 60.3 Å². The van der Waals surface area contributed by atoms with Gasteiger partial charge in [-0.3, -0.25) is 9.59 Å². The molecule has 3 aromatic heterocycles. The Morgan fingerprint density at radius 2 is 1.89 bits per heavy atom. The summed E-state index contributed by atoms with van der Waals surface area (Å²) in [6.07, 6.45) is 0.640. The molecule has 0 bridgehead atoms. The summed E-state index contributed by atoms with van der Waals surface area (Å²) in [7, 11) is 3.45. The second-order valence-electron chi connectivity index (χ2n) is 8.16. The maximum Gasteiger partial charge on any atom is 0.261 e. The van der Waals surface area contributed by atoms with Crippen LogP contribution >= 0.6 is 34.4 Å². The van der Waals surface area contributed by atoms with Gasteiger partial charge in [-0.1, -0.05) is 36.0 Å². The number of methoxy groups -OCH3 is 1. The number of nitrogens with one attached hydrogen (secondary N) is 1. The fraction of sp³-hybridized carbons (Fsp3) is 0.240. The number of aromatic nitrogens is 3. The van der Waals surface area contributed by atoms with E-state index in [0.29, 0.717) is 22.3 Å². The number of rotatable bonds is 9. The summed E-state index contributed by atoms with van der Waals surface area (Å²) in [4.78, 5) is 27.3. The molecule has 190 valence electrons. The number of carbonyl (C=O) groups is 2. The van der Waals surface area contributed by atoms with Gasteiger partial charge in [0.1, 0.15) is 5.75 Å². The normalized spacial score (nSPS) is 15.0. The Kier molecular flexibility index (Phi) is 7.68. The molecule has 1 unspecified atom stereocenters. The van der Waals surface area contributed by atoms with Crippen LogP contribution in [0.5, 0.6) is 5.75 Å². The summed E-state index contributed by atoms with van der Waals surface area (Å²) in [5, 5.41) is 22.0. The van der Waals surface area contributed by atoms with E-state index in [-0.39, 0.29) is 30.2 Å². The van der Waals surface area contributed by atoms with Crippen molar-refractivity contribution in [3.63, 3.8) is 0 Å². The zero-order chi connectivity index (χ0) is 25.8. The Balaban J connectivity index is 1.26. The zero-order valence-corrected chi connectivity index (χ0v) is 22.6. The molecular formula is C25H24N6O3S3. The Morgan fingerprint density at radius 3 is 2.59 bits per heavy atom. The number of amides is 2. The van der Waals surface area contributed by atoms with E-state index < -0.39 is 0 Å². The second-order valence-corrected chi connectivity index (χ2v) is 11.0. The molecule has 0 fully saturated rings. The molecule has 4 heterocycles. The lowest BCUT2D eigenvalue weighted by atomic mass is 10.0. The third kappa shape index (κ3) is 5.60. The van der Waals surface area contributed by atoms with E-state index in [9.17, 15) is 9.59 Å². The van der Waals surface area contributed by atoms with Crippen LogP contribution in [0.3, 0.4) is 0 Å². The first-order chi connectivity index (χ1) is 18.0. The highest BCUT2D eigenvalue weighted by atomic mass is 32.2. The first kappa shape index (κ1) is 25.2. The van der Waals surface area contributed by atoms with Crippen molar-refractivity contribution in [1.82, 2.24) is 25.1 Å². The van der Waals surface area contributed by atoms with Crippen molar-refractivity contribution in [2.75, 3.05) is 12.9 Å². The second kappa shape index (κ2) is 11.3. The minimum Gasteiger partial charge on any atom is -0.497 e. The van der Waals surface area contributed by atoms with E-state index in [2.05, 4.69) is 15.5 Å². The largest absolute Gasteiger partial charge is 0.497 e. The Hall–Kier alpha value is -3.48. The number of thioether (sulfide) groups is 1. The van der Waals surface area contributed by atoms with Gasteiger partial charge in [-0.15, -0.1) is 32.9 Å². The highest BCUT2D eigenvalue weighted by molar-refractivity contribution is 7.99. The summed E-state index contributed by atoms with van der Waals surface area (Å²) in [5.41, 5.74) is 1.90. The third-order valence-corrected chi connectivity index (χ3v) is 8.67. The standard InChI is InChI=1S/C25H24N6O3S3/c1-30-22(14-26-24(33)21-6-4-12-36-21)27-28-25(30)37-15-23(32)31-19(16-7-9-17(34-2)10-8-16)13-18(29-31)20-5-3-11-35-20/h3-12,19H,13-15H2,1-2H3,(H,26,33). The minimum absolute atomic E-state index is 0.118. The van der Waals surface area contributed by atoms with Crippen LogP contribution in [0.4, 0.5) is 0 Å². The molecule has 37 heavy (non-hydrogen) atoms. The highest BCUT2D eigenvalue weighted by Crippen LogP contribution is 2.35. The van der Waals surface area contributed by atoms with Crippen LogP contribution in [0.25, 0.3) is 0 Å². The summed E-state index contributed by atoms with van der Waals surface area (Å²) in [6.45, 7) is 0.245. The molecule has 0 saturated carbocycles. The van der Waals surface area contributed by atoms with Gasteiger partial charge in [0.15, 0.2) is 11.0 Å². The first-order valence-electron chi connectivity index (χ1n) is 11.4. The quantitative estimate of drug-likeness (QED) is 0.310. The number of carbonyl (C=O) groups excluding carboxylic acids is 2. The van der Waals surface area contributed by atoms with Gasteiger partial charge in [0.05, 0.1) is 40.9 Å². The maximum atomic E-state index is 13.4. The van der Waals surface area contributed by atoms with Crippen molar-refractivity contribution < 1.29 is 14.3 Å². The van der Waals surface area contributed by atoms with Crippen LogP contribution in [-0.4, -0.2) is 50.2 Å². The van der Waals surface area contributed by atoms with E-state index >= 15 is 0 Å². The molecule has 0 aliphatic carbocycles. The number of hydrogen-bond acceptors (Lipinski definition) is 9. The predicted octanol–water partition coefficient (Wildman–Crippen LogP) is 4.35. The third-order valence-electron chi connectivity index (χ3n) is 5.87. The zero-order valence-electron chi connectivity index (χ0n) is 20.2. The summed E-state index contributed by atoms with van der Waals surface area (Å²) >= 11 is 4.29. The average molecular weight is 553 g/mol. The summed E-state index contributed by atoms with van der Waals surface area (Å²) in [5.74, 6) is 1.25. The number of ether oxygens (including phenoxy) is 1. The van der Waals surface area contributed by atoms with Crippen molar-refractivity contribution in [1.29, 1.82) is 0 Å². The van der Waals surface area contributed by atoms with Gasteiger partial charge in [0.2, 0.25) is 0 Å². The number of hydrazone groups is 1. The first-order valence-corrected chi connectivity index (χ1v) is 14.2. The summed E-state index contributed by atoms with van der Waals surface area (Å²) in [6, 6.07) is 15.2. The van der Waals surface area contributed by atoms with Gasteiger partial charge in [0.25, 0.3) is 11.8 Å². The monoisotopic (exact) mass is 552 g/mol. The van der Waals surface area contributed by atoms with Crippen LogP contribution in [-0.2, 0) is 18.4 Å². The SMILES string of the molecule is COc1ccc(C2CC(c3cccs3)=NN2C(=O)CSc2nnc(CNC(=O)c3cccs3)n2C)cc1. The van der Waals surface area contributed by atoms with Crippen molar-refractivity contribution in [3.05, 3.63) is 80.4 Å². The van der Waals surface area contributed by atoms with Crippen LogP contribution in [0.2, 0.25) is 0 Å². The lowest BCUT2D eigenvalue weighted by Gasteiger charge is -2.22. The molecule has 9 nitrogen and oxygen atoms in total. The molecule has 5 rings (SSSR count). The summed E-state index contributed by atoms with van der Waals surface area (Å²) < 4.78 is 7.08. The molecule has 0 spiro atoms. The lowest BCUT2D eigenvalue weighted by molar-refractivity contribution is -0.130. The van der Waals surface area contributed by atoms with Gasteiger partial charge < -0.3 is 14.6 Å². The minimum atomic E-state index is -0.196. The molecule has 1 atom stereocenters. The van der Waals surface area contributed by atoms with E-state index in [1.54, 1.807) is 34.1 Å². The topological polar surface area (TPSA) is 102 Å². The van der Waals surface area contributed by atoms with Gasteiger partial charge in [0, 0.05) is 13.5 Å².